The number of carbonyl (C=O) groups is 1. The van der Waals surface area contributed by atoms with Crippen molar-refractivity contribution in [3.05, 3.63) is 17.3 Å². The predicted molar refractivity (Wildman–Crippen MR) is 86.7 cm³/mol. The molecule has 0 saturated heterocycles. The molecule has 0 atom stereocenters. The molecule has 1 amide bonds. The standard InChI is InChI=1S/C14H21N5OS/c1-3-10-8-11-13(17-9-18-14(11)21-10)19(2)7-4-12(20)16-6-5-15/h8-9H,3-7,15H2,1-2H3,(H,16,20). The van der Waals surface area contributed by atoms with Crippen LogP contribution in [0.5, 0.6) is 0 Å². The number of rotatable bonds is 7. The number of carbonyl (C=O) groups excluding carboxylic acids is 1. The Labute approximate surface area is 128 Å². The number of nitrogens with two attached hydrogens (primary N) is 1. The normalized spacial score (nSPS) is 10.8. The molecule has 0 spiro atoms. The molecule has 2 rings (SSSR count). The quantitative estimate of drug-likeness (QED) is 0.802. The third-order valence-electron chi connectivity index (χ3n) is 3.21. The van der Waals surface area contributed by atoms with Crippen molar-refractivity contribution in [3.8, 4) is 0 Å². The van der Waals surface area contributed by atoms with Gasteiger partial charge in [0, 0.05) is 38.0 Å². The minimum atomic E-state index is 0.0113. The van der Waals surface area contributed by atoms with Crippen molar-refractivity contribution in [2.24, 2.45) is 5.73 Å². The highest BCUT2D eigenvalue weighted by Crippen LogP contribution is 2.29. The average molecular weight is 307 g/mol. The number of fused-ring (bicyclic) bond motifs is 1. The van der Waals surface area contributed by atoms with Gasteiger partial charge < -0.3 is 16.0 Å². The van der Waals surface area contributed by atoms with Crippen molar-refractivity contribution < 1.29 is 4.79 Å². The zero-order valence-corrected chi connectivity index (χ0v) is 13.2. The zero-order valence-electron chi connectivity index (χ0n) is 12.4. The topological polar surface area (TPSA) is 84.1 Å². The van der Waals surface area contributed by atoms with Gasteiger partial charge in [-0.15, -0.1) is 11.3 Å². The Kier molecular flexibility index (Phi) is 5.46. The van der Waals surface area contributed by atoms with Crippen LogP contribution in [0.2, 0.25) is 0 Å². The molecule has 2 heterocycles. The fourth-order valence-electron chi connectivity index (χ4n) is 2.05. The molecule has 0 aliphatic carbocycles. The Morgan fingerprint density at radius 2 is 2.29 bits per heavy atom. The number of nitrogens with zero attached hydrogens (tertiary/aromatic N) is 3. The van der Waals surface area contributed by atoms with E-state index in [2.05, 4.69) is 28.3 Å². The van der Waals surface area contributed by atoms with Crippen LogP contribution < -0.4 is 16.0 Å². The highest BCUT2D eigenvalue weighted by atomic mass is 32.1. The van der Waals surface area contributed by atoms with E-state index in [1.165, 1.54) is 4.88 Å². The molecule has 2 aromatic rings. The molecule has 0 aliphatic rings. The van der Waals surface area contributed by atoms with Crippen molar-refractivity contribution >= 4 is 33.3 Å². The first-order valence-electron chi connectivity index (χ1n) is 7.07. The van der Waals surface area contributed by atoms with E-state index in [0.29, 0.717) is 26.1 Å². The van der Waals surface area contributed by atoms with Gasteiger partial charge in [0.2, 0.25) is 5.91 Å². The first kappa shape index (κ1) is 15.7. The number of hydrogen-bond acceptors (Lipinski definition) is 6. The summed E-state index contributed by atoms with van der Waals surface area (Å²) in [7, 11) is 1.95. The third-order valence-corrected chi connectivity index (χ3v) is 4.40. The van der Waals surface area contributed by atoms with Crippen molar-refractivity contribution in [1.82, 2.24) is 15.3 Å². The molecule has 0 radical (unpaired) electrons. The van der Waals surface area contributed by atoms with E-state index in [9.17, 15) is 4.79 Å². The van der Waals surface area contributed by atoms with Gasteiger partial charge in [-0.05, 0) is 12.5 Å². The van der Waals surface area contributed by atoms with Gasteiger partial charge in [0.25, 0.3) is 0 Å². The lowest BCUT2D eigenvalue weighted by molar-refractivity contribution is -0.120. The lowest BCUT2D eigenvalue weighted by Crippen LogP contribution is -2.32. The van der Waals surface area contributed by atoms with Gasteiger partial charge in [0.05, 0.1) is 5.39 Å². The van der Waals surface area contributed by atoms with Gasteiger partial charge in [-0.1, -0.05) is 6.92 Å². The molecule has 0 fully saturated rings. The summed E-state index contributed by atoms with van der Waals surface area (Å²) >= 11 is 1.69. The minimum Gasteiger partial charge on any atom is -0.359 e. The number of aromatic nitrogens is 2. The number of amides is 1. The Hall–Kier alpha value is -1.73. The van der Waals surface area contributed by atoms with E-state index in [-0.39, 0.29) is 5.91 Å². The Morgan fingerprint density at radius 3 is 3.00 bits per heavy atom. The largest absolute Gasteiger partial charge is 0.359 e. The molecule has 21 heavy (non-hydrogen) atoms. The molecule has 0 aromatic carbocycles. The third kappa shape index (κ3) is 3.89. The van der Waals surface area contributed by atoms with Gasteiger partial charge in [0.15, 0.2) is 0 Å². The summed E-state index contributed by atoms with van der Waals surface area (Å²) in [6.07, 6.45) is 3.00. The number of thiophene rings is 1. The van der Waals surface area contributed by atoms with E-state index >= 15 is 0 Å². The van der Waals surface area contributed by atoms with E-state index in [4.69, 9.17) is 5.73 Å². The van der Waals surface area contributed by atoms with Gasteiger partial charge in [-0.25, -0.2) is 9.97 Å². The van der Waals surface area contributed by atoms with Gasteiger partial charge in [-0.2, -0.15) is 0 Å². The summed E-state index contributed by atoms with van der Waals surface area (Å²) in [5, 5.41) is 3.83. The summed E-state index contributed by atoms with van der Waals surface area (Å²) < 4.78 is 0. The second-order valence-corrected chi connectivity index (χ2v) is 5.91. The smallest absolute Gasteiger partial charge is 0.221 e. The summed E-state index contributed by atoms with van der Waals surface area (Å²) in [4.78, 5) is 24.6. The maximum absolute atomic E-state index is 11.6. The van der Waals surface area contributed by atoms with Crippen LogP contribution in [-0.2, 0) is 11.2 Å². The van der Waals surface area contributed by atoms with Crippen LogP contribution in [0.25, 0.3) is 10.2 Å². The maximum atomic E-state index is 11.6. The minimum absolute atomic E-state index is 0.0113. The van der Waals surface area contributed by atoms with Crippen molar-refractivity contribution in [1.29, 1.82) is 0 Å². The molecule has 114 valence electrons. The maximum Gasteiger partial charge on any atom is 0.221 e. The SMILES string of the molecule is CCc1cc2c(N(C)CCC(=O)NCCN)ncnc2s1. The average Bonchev–Trinajstić information content (AvgIpc) is 2.93. The number of hydrogen-bond donors (Lipinski definition) is 2. The number of aryl methyl sites for hydroxylation is 1. The van der Waals surface area contributed by atoms with Crippen LogP contribution in [-0.4, -0.2) is 42.6 Å². The second kappa shape index (κ2) is 7.33. The fourth-order valence-corrected chi connectivity index (χ4v) is 2.98. The van der Waals surface area contributed by atoms with E-state index < -0.39 is 0 Å². The molecule has 0 unspecified atom stereocenters. The number of anilines is 1. The van der Waals surface area contributed by atoms with Crippen LogP contribution in [0.15, 0.2) is 12.4 Å². The van der Waals surface area contributed by atoms with Crippen LogP contribution in [0.4, 0.5) is 5.82 Å². The van der Waals surface area contributed by atoms with Gasteiger partial charge in [0.1, 0.15) is 17.0 Å². The van der Waals surface area contributed by atoms with Crippen molar-refractivity contribution in [2.75, 3.05) is 31.6 Å². The van der Waals surface area contributed by atoms with E-state index in [1.807, 2.05) is 11.9 Å². The Morgan fingerprint density at radius 1 is 1.48 bits per heavy atom. The lowest BCUT2D eigenvalue weighted by Gasteiger charge is -2.18. The molecule has 2 aromatic heterocycles. The first-order valence-corrected chi connectivity index (χ1v) is 7.88. The van der Waals surface area contributed by atoms with Gasteiger partial charge in [-0.3, -0.25) is 4.79 Å². The number of nitrogens with one attached hydrogen (secondary N) is 1. The zero-order chi connectivity index (χ0) is 15.2. The monoisotopic (exact) mass is 307 g/mol. The van der Waals surface area contributed by atoms with Crippen molar-refractivity contribution in [3.63, 3.8) is 0 Å². The molecule has 3 N–H and O–H groups in total. The Balaban J connectivity index is 2.06. The summed E-state index contributed by atoms with van der Waals surface area (Å²) in [5.74, 6) is 0.889. The molecule has 0 aliphatic heterocycles. The predicted octanol–water partition coefficient (Wildman–Crippen LogP) is 1.15. The van der Waals surface area contributed by atoms with Gasteiger partial charge >= 0.3 is 0 Å². The van der Waals surface area contributed by atoms with E-state index in [0.717, 1.165) is 22.5 Å². The fraction of sp³-hybridized carbons (Fsp3) is 0.500. The molecular formula is C14H21N5OS. The lowest BCUT2D eigenvalue weighted by atomic mass is 10.3. The highest BCUT2D eigenvalue weighted by Gasteiger charge is 2.12. The second-order valence-electron chi connectivity index (χ2n) is 4.79. The molecular weight excluding hydrogens is 286 g/mol. The Bertz CT molecular complexity index is 612. The molecule has 6 nitrogen and oxygen atoms in total. The summed E-state index contributed by atoms with van der Waals surface area (Å²) in [6, 6.07) is 2.14. The van der Waals surface area contributed by atoms with Crippen molar-refractivity contribution in [2.45, 2.75) is 19.8 Å². The van der Waals surface area contributed by atoms with E-state index in [1.54, 1.807) is 17.7 Å². The molecule has 0 bridgehead atoms. The summed E-state index contributed by atoms with van der Waals surface area (Å²) in [5.41, 5.74) is 5.36. The summed E-state index contributed by atoms with van der Waals surface area (Å²) in [6.45, 7) is 3.72. The first-order chi connectivity index (χ1) is 10.2. The van der Waals surface area contributed by atoms with Crippen LogP contribution in [0, 0.1) is 0 Å². The molecule has 7 heteroatoms. The van der Waals surface area contributed by atoms with Crippen LogP contribution >= 0.6 is 11.3 Å². The highest BCUT2D eigenvalue weighted by molar-refractivity contribution is 7.18. The van der Waals surface area contributed by atoms with Crippen LogP contribution in [0.3, 0.4) is 0 Å². The van der Waals surface area contributed by atoms with Crippen LogP contribution in [0.1, 0.15) is 18.2 Å². The molecule has 0 saturated carbocycles.